The smallest absolute Gasteiger partial charge is 0.261 e. The number of amides is 2. The Hall–Kier alpha value is -2.56. The minimum atomic E-state index is -0.197. The minimum Gasteiger partial charge on any atom is -0.482 e. The summed E-state index contributed by atoms with van der Waals surface area (Å²) in [6.45, 7) is 9.39. The summed E-state index contributed by atoms with van der Waals surface area (Å²) in [5.41, 5.74) is 0.539. The summed E-state index contributed by atoms with van der Waals surface area (Å²) in [6.07, 6.45) is 3.29. The van der Waals surface area contributed by atoms with E-state index in [2.05, 4.69) is 18.5 Å². The lowest BCUT2D eigenvalue weighted by molar-refractivity contribution is -0.132. The zero-order chi connectivity index (χ0) is 15.7. The molecule has 0 bridgehead atoms. The van der Waals surface area contributed by atoms with Crippen LogP contribution in [0.25, 0.3) is 0 Å². The largest absolute Gasteiger partial charge is 0.482 e. The number of benzene rings is 1. The number of para-hydroxylation sites is 2. The molecule has 5 nitrogen and oxygen atoms in total. The molecule has 0 aliphatic heterocycles. The van der Waals surface area contributed by atoms with Crippen LogP contribution in [-0.2, 0) is 9.59 Å². The van der Waals surface area contributed by atoms with Crippen molar-refractivity contribution in [2.24, 2.45) is 0 Å². The lowest BCUT2D eigenvalue weighted by Crippen LogP contribution is -2.35. The molecule has 1 aromatic carbocycles. The van der Waals surface area contributed by atoms with Crippen LogP contribution in [0, 0.1) is 0 Å². The van der Waals surface area contributed by atoms with Gasteiger partial charge in [0.2, 0.25) is 5.91 Å². The second kappa shape index (κ2) is 8.58. The van der Waals surface area contributed by atoms with Crippen molar-refractivity contribution < 1.29 is 14.3 Å². The van der Waals surface area contributed by atoms with Crippen molar-refractivity contribution in [3.05, 3.63) is 49.6 Å². The fraction of sp³-hybridized carbons (Fsp3) is 0.250. The normalized spacial score (nSPS) is 9.57. The van der Waals surface area contributed by atoms with E-state index in [4.69, 9.17) is 4.74 Å². The van der Waals surface area contributed by atoms with Crippen LogP contribution in [0.4, 0.5) is 5.69 Å². The molecule has 0 aliphatic rings. The average molecular weight is 288 g/mol. The number of anilines is 1. The van der Waals surface area contributed by atoms with Crippen LogP contribution in [0.1, 0.15) is 6.92 Å². The van der Waals surface area contributed by atoms with Gasteiger partial charge in [-0.15, -0.1) is 13.2 Å². The second-order valence-corrected chi connectivity index (χ2v) is 4.34. The Balaban J connectivity index is 2.69. The molecule has 2 amide bonds. The number of rotatable bonds is 8. The van der Waals surface area contributed by atoms with E-state index in [1.54, 1.807) is 41.3 Å². The molecule has 0 aliphatic carbocycles. The van der Waals surface area contributed by atoms with Crippen molar-refractivity contribution in [3.8, 4) is 5.75 Å². The van der Waals surface area contributed by atoms with Crippen LogP contribution in [0.3, 0.4) is 0 Å². The molecule has 0 fully saturated rings. The molecule has 0 unspecified atom stereocenters. The summed E-state index contributed by atoms with van der Waals surface area (Å²) < 4.78 is 5.50. The van der Waals surface area contributed by atoms with Gasteiger partial charge in [0.25, 0.3) is 5.91 Å². The van der Waals surface area contributed by atoms with Crippen molar-refractivity contribution >= 4 is 17.5 Å². The van der Waals surface area contributed by atoms with E-state index in [1.807, 2.05) is 0 Å². The van der Waals surface area contributed by atoms with Crippen LogP contribution < -0.4 is 10.1 Å². The highest BCUT2D eigenvalue weighted by molar-refractivity contribution is 5.90. The molecule has 0 heterocycles. The molecule has 0 saturated carbocycles. The highest BCUT2D eigenvalue weighted by atomic mass is 16.5. The van der Waals surface area contributed by atoms with Crippen molar-refractivity contribution in [2.45, 2.75) is 6.92 Å². The van der Waals surface area contributed by atoms with Gasteiger partial charge in [-0.3, -0.25) is 9.59 Å². The summed E-state index contributed by atoms with van der Waals surface area (Å²) >= 11 is 0. The highest BCUT2D eigenvalue weighted by Crippen LogP contribution is 2.23. The Labute approximate surface area is 124 Å². The number of nitrogens with one attached hydrogen (secondary N) is 1. The summed E-state index contributed by atoms with van der Waals surface area (Å²) in [5.74, 6) is 0.0861. The summed E-state index contributed by atoms with van der Waals surface area (Å²) in [4.78, 5) is 24.7. The number of hydrogen-bond donors (Lipinski definition) is 1. The van der Waals surface area contributed by atoms with Crippen molar-refractivity contribution in [3.63, 3.8) is 0 Å². The van der Waals surface area contributed by atoms with E-state index in [0.717, 1.165) is 0 Å². The molecule has 0 saturated heterocycles. The van der Waals surface area contributed by atoms with E-state index in [9.17, 15) is 9.59 Å². The lowest BCUT2D eigenvalue weighted by Gasteiger charge is -2.20. The van der Waals surface area contributed by atoms with Gasteiger partial charge in [-0.25, -0.2) is 0 Å². The predicted octanol–water partition coefficient (Wildman–Crippen LogP) is 2.22. The van der Waals surface area contributed by atoms with Crippen LogP contribution in [0.15, 0.2) is 49.6 Å². The first-order valence-electron chi connectivity index (χ1n) is 6.57. The molecule has 1 aromatic rings. The summed E-state index contributed by atoms with van der Waals surface area (Å²) in [7, 11) is 0. The van der Waals surface area contributed by atoms with Gasteiger partial charge in [0.05, 0.1) is 5.69 Å². The van der Waals surface area contributed by atoms with Gasteiger partial charge in [0.15, 0.2) is 6.61 Å². The van der Waals surface area contributed by atoms with Gasteiger partial charge in [0.1, 0.15) is 5.75 Å². The molecule has 0 aromatic heterocycles. The molecule has 0 radical (unpaired) electrons. The van der Waals surface area contributed by atoms with Gasteiger partial charge in [-0.1, -0.05) is 24.3 Å². The van der Waals surface area contributed by atoms with Crippen LogP contribution in [0.2, 0.25) is 0 Å². The molecule has 1 rings (SSSR count). The highest BCUT2D eigenvalue weighted by Gasteiger charge is 2.12. The third kappa shape index (κ3) is 5.52. The first-order valence-corrected chi connectivity index (χ1v) is 6.57. The summed E-state index contributed by atoms with van der Waals surface area (Å²) in [6, 6.07) is 6.97. The zero-order valence-electron chi connectivity index (χ0n) is 12.2. The van der Waals surface area contributed by atoms with Crippen LogP contribution in [-0.4, -0.2) is 36.4 Å². The number of nitrogens with zero attached hydrogens (tertiary/aromatic N) is 1. The lowest BCUT2D eigenvalue weighted by atomic mass is 10.3. The van der Waals surface area contributed by atoms with Gasteiger partial charge in [-0.05, 0) is 12.1 Å². The van der Waals surface area contributed by atoms with Crippen molar-refractivity contribution in [1.29, 1.82) is 0 Å². The fourth-order valence-electron chi connectivity index (χ4n) is 1.71. The zero-order valence-corrected chi connectivity index (χ0v) is 12.2. The second-order valence-electron chi connectivity index (χ2n) is 4.34. The number of carbonyl (C=O) groups is 2. The van der Waals surface area contributed by atoms with Crippen LogP contribution >= 0.6 is 0 Å². The maximum atomic E-state index is 12.0. The Morgan fingerprint density at radius 1 is 1.24 bits per heavy atom. The quantitative estimate of drug-likeness (QED) is 0.746. The molecule has 112 valence electrons. The average Bonchev–Trinajstić information content (AvgIpc) is 2.45. The van der Waals surface area contributed by atoms with Gasteiger partial charge >= 0.3 is 0 Å². The molecule has 1 N–H and O–H groups in total. The van der Waals surface area contributed by atoms with Gasteiger partial charge in [-0.2, -0.15) is 0 Å². The molecular weight excluding hydrogens is 268 g/mol. The van der Waals surface area contributed by atoms with Crippen molar-refractivity contribution in [1.82, 2.24) is 4.90 Å². The Kier molecular flexibility index (Phi) is 6.74. The number of ether oxygens (including phenoxy) is 1. The van der Waals surface area contributed by atoms with E-state index in [0.29, 0.717) is 24.5 Å². The third-order valence-electron chi connectivity index (χ3n) is 2.60. The maximum absolute atomic E-state index is 12.0. The molecular formula is C16H20N2O3. The minimum absolute atomic E-state index is 0.113. The van der Waals surface area contributed by atoms with E-state index < -0.39 is 0 Å². The number of hydrogen-bond acceptors (Lipinski definition) is 3. The van der Waals surface area contributed by atoms with Gasteiger partial charge < -0.3 is 15.0 Å². The predicted molar refractivity (Wildman–Crippen MR) is 83.2 cm³/mol. The van der Waals surface area contributed by atoms with E-state index in [-0.39, 0.29) is 18.4 Å². The Morgan fingerprint density at radius 2 is 1.86 bits per heavy atom. The topological polar surface area (TPSA) is 58.6 Å². The first kappa shape index (κ1) is 16.5. The third-order valence-corrected chi connectivity index (χ3v) is 2.60. The molecule has 5 heteroatoms. The van der Waals surface area contributed by atoms with E-state index >= 15 is 0 Å². The van der Waals surface area contributed by atoms with E-state index in [1.165, 1.54) is 6.92 Å². The van der Waals surface area contributed by atoms with Crippen LogP contribution in [0.5, 0.6) is 5.75 Å². The van der Waals surface area contributed by atoms with Crippen molar-refractivity contribution in [2.75, 3.05) is 25.0 Å². The monoisotopic (exact) mass is 288 g/mol. The molecule has 0 atom stereocenters. The Bertz CT molecular complexity index is 516. The molecule has 21 heavy (non-hydrogen) atoms. The first-order chi connectivity index (χ1) is 10.1. The Morgan fingerprint density at radius 3 is 2.43 bits per heavy atom. The fourth-order valence-corrected chi connectivity index (χ4v) is 1.71. The van der Waals surface area contributed by atoms with Gasteiger partial charge in [0, 0.05) is 20.0 Å². The number of carbonyl (C=O) groups excluding carboxylic acids is 2. The summed E-state index contributed by atoms with van der Waals surface area (Å²) in [5, 5.41) is 2.66. The standard InChI is InChI=1S/C16H20N2O3/c1-4-10-18(11-5-2)16(20)12-21-15-9-7-6-8-14(15)17-13(3)19/h4-9H,1-2,10-12H2,3H3,(H,17,19). The molecule has 0 spiro atoms. The SMILES string of the molecule is C=CCN(CC=C)C(=O)COc1ccccc1NC(C)=O. The maximum Gasteiger partial charge on any atom is 0.261 e.